The van der Waals surface area contributed by atoms with Crippen LogP contribution in [0.5, 0.6) is 5.75 Å². The van der Waals surface area contributed by atoms with Gasteiger partial charge < -0.3 is 14.9 Å². The molecule has 0 amide bonds. The average Bonchev–Trinajstić information content (AvgIpc) is 2.52. The van der Waals surface area contributed by atoms with Crippen molar-refractivity contribution in [3.63, 3.8) is 0 Å². The summed E-state index contributed by atoms with van der Waals surface area (Å²) in [5.41, 5.74) is 1.58. The molecule has 2 aromatic carbocycles. The van der Waals surface area contributed by atoms with Gasteiger partial charge in [0.1, 0.15) is 18.5 Å². The van der Waals surface area contributed by atoms with E-state index in [4.69, 9.17) is 9.84 Å². The lowest BCUT2D eigenvalue weighted by Gasteiger charge is -2.03. The second kappa shape index (κ2) is 7.34. The fraction of sp³-hybridized carbons (Fsp3) is 0.176. The van der Waals surface area contributed by atoms with E-state index in [1.165, 1.54) is 0 Å². The first-order valence-corrected chi connectivity index (χ1v) is 6.38. The highest BCUT2D eigenvalue weighted by molar-refractivity contribution is 5.40. The zero-order chi connectivity index (χ0) is 14.2. The van der Waals surface area contributed by atoms with E-state index in [2.05, 4.69) is 11.8 Å². The molecule has 2 rings (SSSR count). The Morgan fingerprint density at radius 3 is 2.35 bits per heavy atom. The normalized spacial score (nSPS) is 11.3. The highest BCUT2D eigenvalue weighted by atomic mass is 16.5. The van der Waals surface area contributed by atoms with Gasteiger partial charge in [0.15, 0.2) is 0 Å². The highest BCUT2D eigenvalue weighted by Crippen LogP contribution is 2.13. The second-order valence-electron chi connectivity index (χ2n) is 4.18. The van der Waals surface area contributed by atoms with Crippen LogP contribution in [0.3, 0.4) is 0 Å². The molecule has 0 bridgehead atoms. The fourth-order valence-corrected chi connectivity index (χ4v) is 1.67. The first kappa shape index (κ1) is 14.1. The zero-order valence-electron chi connectivity index (χ0n) is 11.0. The summed E-state index contributed by atoms with van der Waals surface area (Å²) in [6.45, 7) is 0.266. The van der Waals surface area contributed by atoms with Crippen LogP contribution in [0.15, 0.2) is 54.6 Å². The number of ether oxygens (including phenoxy) is 1. The molecule has 3 nitrogen and oxygen atoms in total. The van der Waals surface area contributed by atoms with Gasteiger partial charge in [-0.05, 0) is 29.8 Å². The summed E-state index contributed by atoms with van der Waals surface area (Å²) in [5, 5.41) is 18.6. The molecule has 1 atom stereocenters. The van der Waals surface area contributed by atoms with Crippen molar-refractivity contribution < 1.29 is 14.9 Å². The molecule has 0 aliphatic rings. The molecule has 0 heterocycles. The SMILES string of the molecule is OCCOc1ccc(C#CC(O)c2ccccc2)cc1. The molecule has 0 radical (unpaired) electrons. The molecule has 102 valence electrons. The molecule has 0 saturated heterocycles. The summed E-state index contributed by atoms with van der Waals surface area (Å²) >= 11 is 0. The lowest BCUT2D eigenvalue weighted by molar-refractivity contribution is 0.201. The summed E-state index contributed by atoms with van der Waals surface area (Å²) in [6, 6.07) is 16.5. The predicted molar refractivity (Wildman–Crippen MR) is 77.3 cm³/mol. The Hall–Kier alpha value is -2.28. The van der Waals surface area contributed by atoms with E-state index in [0.717, 1.165) is 11.1 Å². The number of benzene rings is 2. The summed E-state index contributed by atoms with van der Waals surface area (Å²) in [6.07, 6.45) is -0.790. The van der Waals surface area contributed by atoms with Crippen molar-refractivity contribution >= 4 is 0 Å². The number of hydrogen-bond donors (Lipinski definition) is 2. The Morgan fingerprint density at radius 2 is 1.70 bits per heavy atom. The first-order chi connectivity index (χ1) is 9.79. The van der Waals surface area contributed by atoms with Crippen LogP contribution >= 0.6 is 0 Å². The van der Waals surface area contributed by atoms with Crippen LogP contribution in [-0.4, -0.2) is 23.4 Å². The standard InChI is InChI=1S/C17H16O3/c18-12-13-20-16-9-6-14(7-10-16)8-11-17(19)15-4-2-1-3-5-15/h1-7,9-10,17-19H,12-13H2. The summed E-state index contributed by atoms with van der Waals surface area (Å²) in [4.78, 5) is 0. The van der Waals surface area contributed by atoms with Gasteiger partial charge in [0.05, 0.1) is 6.61 Å². The Labute approximate surface area is 118 Å². The van der Waals surface area contributed by atoms with E-state index in [-0.39, 0.29) is 13.2 Å². The molecule has 0 aliphatic heterocycles. The number of hydrogen-bond acceptors (Lipinski definition) is 3. The molecule has 0 spiro atoms. The summed E-state index contributed by atoms with van der Waals surface area (Å²) in [7, 11) is 0. The van der Waals surface area contributed by atoms with Gasteiger partial charge in [-0.25, -0.2) is 0 Å². The van der Waals surface area contributed by atoms with Gasteiger partial charge in [0.25, 0.3) is 0 Å². The van der Waals surface area contributed by atoms with Crippen LogP contribution in [0.2, 0.25) is 0 Å². The first-order valence-electron chi connectivity index (χ1n) is 6.38. The number of aliphatic hydroxyl groups is 2. The molecule has 20 heavy (non-hydrogen) atoms. The Bertz CT molecular complexity index is 579. The molecule has 0 fully saturated rings. The average molecular weight is 268 g/mol. The van der Waals surface area contributed by atoms with Gasteiger partial charge in [0.2, 0.25) is 0 Å². The topological polar surface area (TPSA) is 49.7 Å². The van der Waals surface area contributed by atoms with Gasteiger partial charge in [-0.3, -0.25) is 0 Å². The van der Waals surface area contributed by atoms with Crippen LogP contribution < -0.4 is 4.74 Å². The molecule has 1 unspecified atom stereocenters. The van der Waals surface area contributed by atoms with Crippen LogP contribution in [-0.2, 0) is 0 Å². The van der Waals surface area contributed by atoms with Crippen molar-refractivity contribution in [2.75, 3.05) is 13.2 Å². The van der Waals surface area contributed by atoms with Gasteiger partial charge in [0, 0.05) is 5.56 Å². The lowest BCUT2D eigenvalue weighted by Crippen LogP contribution is -2.01. The van der Waals surface area contributed by atoms with Crippen molar-refractivity contribution in [1.82, 2.24) is 0 Å². The number of rotatable bonds is 4. The Morgan fingerprint density at radius 1 is 1.00 bits per heavy atom. The molecule has 0 saturated carbocycles. The van der Waals surface area contributed by atoms with Crippen LogP contribution in [0, 0.1) is 11.8 Å². The van der Waals surface area contributed by atoms with Crippen LogP contribution in [0.4, 0.5) is 0 Å². The third kappa shape index (κ3) is 4.13. The maximum Gasteiger partial charge on any atom is 0.140 e. The smallest absolute Gasteiger partial charge is 0.140 e. The summed E-state index contributed by atoms with van der Waals surface area (Å²) in [5.74, 6) is 6.41. The highest BCUT2D eigenvalue weighted by Gasteiger charge is 2.01. The minimum Gasteiger partial charge on any atom is -0.491 e. The Kier molecular flexibility index (Phi) is 5.19. The van der Waals surface area contributed by atoms with Crippen LogP contribution in [0.1, 0.15) is 17.2 Å². The van der Waals surface area contributed by atoms with Crippen molar-refractivity contribution in [3.8, 4) is 17.6 Å². The molecule has 0 aromatic heterocycles. The van der Waals surface area contributed by atoms with Gasteiger partial charge in [-0.15, -0.1) is 0 Å². The van der Waals surface area contributed by atoms with E-state index in [0.29, 0.717) is 5.75 Å². The quantitative estimate of drug-likeness (QED) is 0.835. The molecule has 3 heteroatoms. The molecular weight excluding hydrogens is 252 g/mol. The third-order valence-corrected chi connectivity index (χ3v) is 2.68. The third-order valence-electron chi connectivity index (χ3n) is 2.68. The minimum absolute atomic E-state index is 0.00910. The molecular formula is C17H16O3. The molecule has 0 aliphatic carbocycles. The maximum atomic E-state index is 9.93. The van der Waals surface area contributed by atoms with E-state index in [1.54, 1.807) is 12.1 Å². The largest absolute Gasteiger partial charge is 0.491 e. The van der Waals surface area contributed by atoms with Crippen molar-refractivity contribution in [2.24, 2.45) is 0 Å². The number of aliphatic hydroxyl groups excluding tert-OH is 2. The molecule has 2 N–H and O–H groups in total. The fourth-order valence-electron chi connectivity index (χ4n) is 1.67. The van der Waals surface area contributed by atoms with Gasteiger partial charge in [-0.2, -0.15) is 0 Å². The zero-order valence-corrected chi connectivity index (χ0v) is 11.0. The molecule has 2 aromatic rings. The lowest BCUT2D eigenvalue weighted by atomic mass is 10.1. The predicted octanol–water partition coefficient (Wildman–Crippen LogP) is 2.14. The van der Waals surface area contributed by atoms with E-state index >= 15 is 0 Å². The van der Waals surface area contributed by atoms with Gasteiger partial charge >= 0.3 is 0 Å². The van der Waals surface area contributed by atoms with E-state index in [9.17, 15) is 5.11 Å². The van der Waals surface area contributed by atoms with Crippen molar-refractivity contribution in [2.45, 2.75) is 6.10 Å². The van der Waals surface area contributed by atoms with Gasteiger partial charge in [-0.1, -0.05) is 42.2 Å². The van der Waals surface area contributed by atoms with E-state index in [1.807, 2.05) is 42.5 Å². The van der Waals surface area contributed by atoms with Crippen molar-refractivity contribution in [1.29, 1.82) is 0 Å². The Balaban J connectivity index is 2.02. The van der Waals surface area contributed by atoms with E-state index < -0.39 is 6.10 Å². The van der Waals surface area contributed by atoms with Crippen LogP contribution in [0.25, 0.3) is 0 Å². The maximum absolute atomic E-state index is 9.93. The second-order valence-corrected chi connectivity index (χ2v) is 4.18. The summed E-state index contributed by atoms with van der Waals surface area (Å²) < 4.78 is 5.26. The minimum atomic E-state index is -0.790. The van der Waals surface area contributed by atoms with Crippen molar-refractivity contribution in [3.05, 3.63) is 65.7 Å². The monoisotopic (exact) mass is 268 g/mol.